The standard InChI is InChI=1S/C5H12NO5P.C4H7NO/c1-6(2,3)4(5(7)8)12(9,10)11;1-3(2)4(5)6/h4H,1-3H3,(H2-,7,8,9,10,11);1H2,2H3,(H2,5,6). The number of hydrogen-bond donors (Lipinski definition) is 3. The van der Waals surface area contributed by atoms with Crippen molar-refractivity contribution >= 4 is 19.5 Å². The van der Waals surface area contributed by atoms with Gasteiger partial charge in [0.05, 0.1) is 21.1 Å². The monoisotopic (exact) mass is 282 g/mol. The van der Waals surface area contributed by atoms with Crippen molar-refractivity contribution in [1.82, 2.24) is 0 Å². The Morgan fingerprint density at radius 3 is 1.61 bits per heavy atom. The van der Waals surface area contributed by atoms with Crippen LogP contribution in [0.15, 0.2) is 12.2 Å². The number of nitrogens with two attached hydrogens (primary N) is 1. The zero-order valence-electron chi connectivity index (χ0n) is 10.8. The lowest BCUT2D eigenvalue weighted by Crippen LogP contribution is -2.54. The van der Waals surface area contributed by atoms with Gasteiger partial charge in [-0.3, -0.25) is 9.36 Å². The van der Waals surface area contributed by atoms with Crippen LogP contribution in [0.3, 0.4) is 0 Å². The average Bonchev–Trinajstić information content (AvgIpc) is 1.96. The minimum absolute atomic E-state index is 0.368. The fourth-order valence-corrected chi connectivity index (χ4v) is 2.08. The molecule has 9 heteroatoms. The molecule has 0 aromatic carbocycles. The number of carboxylic acid groups (broad SMARTS) is 1. The highest BCUT2D eigenvalue weighted by Gasteiger charge is 2.41. The Labute approximate surface area is 105 Å². The molecule has 0 fully saturated rings. The molecule has 0 radical (unpaired) electrons. The second-order valence-electron chi connectivity index (χ2n) is 4.54. The van der Waals surface area contributed by atoms with E-state index in [1.807, 2.05) is 0 Å². The molecule has 1 amide bonds. The van der Waals surface area contributed by atoms with Crippen LogP contribution in [-0.2, 0) is 14.2 Å². The van der Waals surface area contributed by atoms with Crippen LogP contribution in [0.2, 0.25) is 0 Å². The van der Waals surface area contributed by atoms with Crippen LogP contribution >= 0.6 is 7.60 Å². The van der Waals surface area contributed by atoms with E-state index in [2.05, 4.69) is 6.58 Å². The van der Waals surface area contributed by atoms with Crippen LogP contribution < -0.4 is 10.8 Å². The average molecular weight is 282 g/mol. The molecule has 0 rings (SSSR count). The van der Waals surface area contributed by atoms with Crippen molar-refractivity contribution in [2.45, 2.75) is 12.7 Å². The lowest BCUT2D eigenvalue weighted by Gasteiger charge is -2.34. The van der Waals surface area contributed by atoms with Crippen LogP contribution in [0.5, 0.6) is 0 Å². The largest absolute Gasteiger partial charge is 0.543 e. The number of quaternary nitrogens is 1. The highest BCUT2D eigenvalue weighted by Crippen LogP contribution is 2.43. The number of aliphatic carboxylic acids is 1. The molecule has 0 aromatic rings. The first-order chi connectivity index (χ1) is 7.71. The van der Waals surface area contributed by atoms with Crippen molar-refractivity contribution in [2.75, 3.05) is 21.1 Å². The molecule has 106 valence electrons. The number of carbonyl (C=O) groups excluding carboxylic acids is 2. The summed E-state index contributed by atoms with van der Waals surface area (Å²) < 4.78 is 10.3. The molecule has 0 bridgehead atoms. The Hall–Kier alpha value is -1.21. The summed E-state index contributed by atoms with van der Waals surface area (Å²) in [5.74, 6) is -3.98. The van der Waals surface area contributed by atoms with E-state index < -0.39 is 25.3 Å². The van der Waals surface area contributed by atoms with E-state index in [0.717, 1.165) is 0 Å². The van der Waals surface area contributed by atoms with Gasteiger partial charge in [0.2, 0.25) is 11.7 Å². The van der Waals surface area contributed by atoms with Crippen LogP contribution in [0.4, 0.5) is 0 Å². The number of hydrogen-bond acceptors (Lipinski definition) is 4. The van der Waals surface area contributed by atoms with Gasteiger partial charge in [-0.15, -0.1) is 0 Å². The van der Waals surface area contributed by atoms with Crippen molar-refractivity contribution in [3.8, 4) is 0 Å². The first-order valence-electron chi connectivity index (χ1n) is 4.73. The molecule has 0 saturated heterocycles. The summed E-state index contributed by atoms with van der Waals surface area (Å²) in [6.45, 7) is 4.85. The Balaban J connectivity index is 0. The Morgan fingerprint density at radius 1 is 1.33 bits per heavy atom. The Morgan fingerprint density at radius 2 is 1.61 bits per heavy atom. The predicted molar refractivity (Wildman–Crippen MR) is 62.9 cm³/mol. The van der Waals surface area contributed by atoms with Crippen molar-refractivity contribution in [1.29, 1.82) is 0 Å². The molecule has 1 atom stereocenters. The molecule has 0 saturated carbocycles. The Bertz CT molecular complexity index is 369. The summed E-state index contributed by atoms with van der Waals surface area (Å²) in [4.78, 5) is 37.5. The van der Waals surface area contributed by atoms with E-state index in [1.165, 1.54) is 21.1 Å². The van der Waals surface area contributed by atoms with Gasteiger partial charge in [0.15, 0.2) is 0 Å². The van der Waals surface area contributed by atoms with Crippen LogP contribution in [0, 0.1) is 0 Å². The van der Waals surface area contributed by atoms with E-state index in [4.69, 9.17) is 15.5 Å². The summed E-state index contributed by atoms with van der Waals surface area (Å²) in [6, 6.07) is 0. The second kappa shape index (κ2) is 6.65. The lowest BCUT2D eigenvalue weighted by atomic mass is 10.3. The van der Waals surface area contributed by atoms with Crippen LogP contribution in [0.25, 0.3) is 0 Å². The maximum Gasteiger partial charge on any atom is 0.388 e. The molecule has 4 N–H and O–H groups in total. The third-order valence-electron chi connectivity index (χ3n) is 1.68. The first kappa shape index (κ1) is 19.1. The van der Waals surface area contributed by atoms with Crippen LogP contribution in [-0.4, -0.2) is 53.1 Å². The number of carbonyl (C=O) groups is 2. The number of likely N-dealkylation sites (N-methyl/N-ethyl adjacent to an activating group) is 1. The summed E-state index contributed by atoms with van der Waals surface area (Å²) in [5.41, 5.74) is 5.09. The minimum atomic E-state index is -4.64. The fourth-order valence-electron chi connectivity index (χ4n) is 0.905. The molecule has 8 nitrogen and oxygen atoms in total. The summed E-state index contributed by atoms with van der Waals surface area (Å²) >= 11 is 0. The van der Waals surface area contributed by atoms with Gasteiger partial charge in [0, 0.05) is 5.57 Å². The van der Waals surface area contributed by atoms with Gasteiger partial charge in [-0.05, 0) is 6.92 Å². The van der Waals surface area contributed by atoms with Gasteiger partial charge in [-0.25, -0.2) is 0 Å². The van der Waals surface area contributed by atoms with E-state index in [0.29, 0.717) is 5.57 Å². The van der Waals surface area contributed by atoms with E-state index in [9.17, 15) is 19.3 Å². The SMILES string of the molecule is C=C(C)C(N)=O.C[N+](C)(C)C(C(=O)[O-])P(=O)(O)O. The molecule has 1 unspecified atom stereocenters. The molecule has 0 spiro atoms. The normalized spacial score (nSPS) is 13.0. The number of rotatable bonds is 4. The van der Waals surface area contributed by atoms with Gasteiger partial charge in [0.1, 0.15) is 5.97 Å². The van der Waals surface area contributed by atoms with E-state index in [-0.39, 0.29) is 4.48 Å². The summed E-state index contributed by atoms with van der Waals surface area (Å²) in [6.07, 6.45) is 0. The maximum atomic E-state index is 10.7. The second-order valence-corrected chi connectivity index (χ2v) is 6.21. The zero-order chi connectivity index (χ0) is 15.3. The van der Waals surface area contributed by atoms with Gasteiger partial charge >= 0.3 is 7.60 Å². The number of carboxylic acids is 1. The molecule has 0 heterocycles. The summed E-state index contributed by atoms with van der Waals surface area (Å²) in [7, 11) is -0.520. The van der Waals surface area contributed by atoms with Gasteiger partial charge < -0.3 is 29.9 Å². The molecule has 18 heavy (non-hydrogen) atoms. The predicted octanol–water partition coefficient (Wildman–Crippen LogP) is -2.01. The highest BCUT2D eigenvalue weighted by molar-refractivity contribution is 7.53. The zero-order valence-corrected chi connectivity index (χ0v) is 11.7. The number of amides is 1. The molecular formula is C9H19N2O6P. The number of nitrogens with zero attached hydrogens (tertiary/aromatic N) is 1. The number of primary amides is 1. The van der Waals surface area contributed by atoms with Gasteiger partial charge in [-0.2, -0.15) is 0 Å². The molecule has 0 aliphatic carbocycles. The highest BCUT2D eigenvalue weighted by atomic mass is 31.2. The van der Waals surface area contributed by atoms with Crippen LogP contribution in [0.1, 0.15) is 6.92 Å². The molecular weight excluding hydrogens is 263 g/mol. The smallest absolute Gasteiger partial charge is 0.388 e. The fraction of sp³-hybridized carbons (Fsp3) is 0.556. The third-order valence-corrected chi connectivity index (χ3v) is 3.22. The third kappa shape index (κ3) is 7.97. The quantitative estimate of drug-likeness (QED) is 0.309. The molecule has 0 aromatic heterocycles. The minimum Gasteiger partial charge on any atom is -0.543 e. The summed E-state index contributed by atoms with van der Waals surface area (Å²) in [5, 5.41) is 10.4. The first-order valence-corrected chi connectivity index (χ1v) is 6.42. The maximum absolute atomic E-state index is 10.7. The Kier molecular flexibility index (Phi) is 7.07. The van der Waals surface area contributed by atoms with Crippen molar-refractivity contribution in [3.63, 3.8) is 0 Å². The van der Waals surface area contributed by atoms with E-state index >= 15 is 0 Å². The van der Waals surface area contributed by atoms with Crippen molar-refractivity contribution in [3.05, 3.63) is 12.2 Å². The molecule has 0 aliphatic heterocycles. The van der Waals surface area contributed by atoms with Gasteiger partial charge in [0.25, 0.3) is 0 Å². The van der Waals surface area contributed by atoms with Crippen molar-refractivity contribution < 1.29 is 33.5 Å². The van der Waals surface area contributed by atoms with Crippen molar-refractivity contribution in [2.24, 2.45) is 5.73 Å². The van der Waals surface area contributed by atoms with Gasteiger partial charge in [-0.1, -0.05) is 6.58 Å². The molecule has 0 aliphatic rings. The lowest BCUT2D eigenvalue weighted by molar-refractivity contribution is -0.877. The topological polar surface area (TPSA) is 141 Å². The van der Waals surface area contributed by atoms with E-state index in [1.54, 1.807) is 6.92 Å².